The Kier molecular flexibility index (Phi) is 4.38. The second-order valence-electron chi connectivity index (χ2n) is 5.22. The molecule has 0 aromatic heterocycles. The van der Waals surface area contributed by atoms with Crippen LogP contribution in [0.3, 0.4) is 0 Å². The highest BCUT2D eigenvalue weighted by atomic mass is 14.9. The Labute approximate surface area is 105 Å². The molecule has 1 aromatic carbocycles. The molecule has 0 heterocycles. The van der Waals surface area contributed by atoms with Gasteiger partial charge in [0.1, 0.15) is 0 Å². The molecule has 1 aliphatic carbocycles. The summed E-state index contributed by atoms with van der Waals surface area (Å²) in [5.41, 5.74) is 2.45. The van der Waals surface area contributed by atoms with Gasteiger partial charge in [-0.3, -0.25) is 0 Å². The molecular weight excluding hydrogens is 206 g/mol. The summed E-state index contributed by atoms with van der Waals surface area (Å²) in [5, 5.41) is 3.67. The topological polar surface area (TPSA) is 12.0 Å². The quantitative estimate of drug-likeness (QED) is 0.826. The highest BCUT2D eigenvalue weighted by molar-refractivity contribution is 5.64. The molecule has 1 nitrogen and oxygen atoms in total. The summed E-state index contributed by atoms with van der Waals surface area (Å²) < 4.78 is 0. The van der Waals surface area contributed by atoms with E-state index < -0.39 is 0 Å². The summed E-state index contributed by atoms with van der Waals surface area (Å²) in [7, 11) is 0. The van der Waals surface area contributed by atoms with E-state index in [0.717, 1.165) is 12.5 Å². The molecule has 1 heteroatoms. The molecule has 1 aromatic rings. The van der Waals surface area contributed by atoms with Crippen molar-refractivity contribution < 1.29 is 0 Å². The van der Waals surface area contributed by atoms with Gasteiger partial charge in [0.05, 0.1) is 0 Å². The minimum absolute atomic E-state index is 0.684. The summed E-state index contributed by atoms with van der Waals surface area (Å²) in [6, 6.07) is 11.1. The van der Waals surface area contributed by atoms with Crippen molar-refractivity contribution in [3.8, 4) is 0 Å². The van der Waals surface area contributed by atoms with Crippen LogP contribution in [0.2, 0.25) is 0 Å². The third-order valence-electron chi connectivity index (χ3n) is 3.87. The molecule has 0 saturated heterocycles. The van der Waals surface area contributed by atoms with Gasteiger partial charge in [-0.05, 0) is 29.9 Å². The fourth-order valence-corrected chi connectivity index (χ4v) is 2.65. The first-order chi connectivity index (χ1) is 8.27. The van der Waals surface area contributed by atoms with Crippen molar-refractivity contribution in [1.29, 1.82) is 0 Å². The maximum atomic E-state index is 4.17. The zero-order valence-electron chi connectivity index (χ0n) is 10.8. The molecule has 0 spiro atoms. The molecule has 17 heavy (non-hydrogen) atoms. The Morgan fingerprint density at radius 1 is 1.24 bits per heavy atom. The predicted molar refractivity (Wildman–Crippen MR) is 74.9 cm³/mol. The highest BCUT2D eigenvalue weighted by Gasteiger charge is 2.20. The van der Waals surface area contributed by atoms with Crippen molar-refractivity contribution in [2.75, 3.05) is 6.54 Å². The van der Waals surface area contributed by atoms with Gasteiger partial charge in [-0.15, -0.1) is 0 Å². The molecule has 1 saturated carbocycles. The van der Waals surface area contributed by atoms with E-state index in [1.165, 1.54) is 36.8 Å². The van der Waals surface area contributed by atoms with Gasteiger partial charge >= 0.3 is 0 Å². The first-order valence-corrected chi connectivity index (χ1v) is 6.74. The largest absolute Gasteiger partial charge is 0.310 e. The van der Waals surface area contributed by atoms with E-state index in [1.54, 1.807) is 0 Å². The predicted octanol–water partition coefficient (Wildman–Crippen LogP) is 3.87. The number of hydrogen-bond acceptors (Lipinski definition) is 1. The lowest BCUT2D eigenvalue weighted by molar-refractivity contribution is 0.289. The lowest BCUT2D eigenvalue weighted by Crippen LogP contribution is -2.37. The normalized spacial score (nSPS) is 24.5. The minimum atomic E-state index is 0.684. The average molecular weight is 229 g/mol. The first kappa shape index (κ1) is 12.4. The van der Waals surface area contributed by atoms with Crippen LogP contribution in [0, 0.1) is 5.92 Å². The maximum Gasteiger partial charge on any atom is 0.0208 e. The molecule has 0 bridgehead atoms. The van der Waals surface area contributed by atoms with E-state index in [2.05, 4.69) is 43.1 Å². The van der Waals surface area contributed by atoms with Gasteiger partial charge in [0.15, 0.2) is 0 Å². The van der Waals surface area contributed by atoms with Crippen LogP contribution in [-0.2, 0) is 0 Å². The summed E-state index contributed by atoms with van der Waals surface area (Å²) in [5.74, 6) is 0.812. The number of hydrogen-bond donors (Lipinski definition) is 1. The van der Waals surface area contributed by atoms with Gasteiger partial charge in [0, 0.05) is 12.6 Å². The zero-order valence-corrected chi connectivity index (χ0v) is 10.8. The van der Waals surface area contributed by atoms with E-state index in [0.29, 0.717) is 6.04 Å². The van der Waals surface area contributed by atoms with Crippen molar-refractivity contribution >= 4 is 5.57 Å². The molecule has 1 N–H and O–H groups in total. The van der Waals surface area contributed by atoms with Crippen molar-refractivity contribution in [2.24, 2.45) is 5.92 Å². The molecule has 92 valence electrons. The van der Waals surface area contributed by atoms with E-state index in [-0.39, 0.29) is 0 Å². The van der Waals surface area contributed by atoms with Gasteiger partial charge in [-0.1, -0.05) is 56.7 Å². The Morgan fingerprint density at radius 2 is 1.94 bits per heavy atom. The van der Waals surface area contributed by atoms with E-state index in [1.807, 2.05) is 6.07 Å². The van der Waals surface area contributed by atoms with Crippen molar-refractivity contribution in [2.45, 2.75) is 38.6 Å². The van der Waals surface area contributed by atoms with Crippen molar-refractivity contribution in [3.63, 3.8) is 0 Å². The smallest absolute Gasteiger partial charge is 0.0208 e. The van der Waals surface area contributed by atoms with E-state index in [4.69, 9.17) is 0 Å². The highest BCUT2D eigenvalue weighted by Crippen LogP contribution is 2.24. The molecule has 0 aliphatic heterocycles. The molecule has 2 unspecified atom stereocenters. The van der Waals surface area contributed by atoms with Crippen LogP contribution in [0.25, 0.3) is 5.57 Å². The Balaban J connectivity index is 1.84. The second-order valence-corrected chi connectivity index (χ2v) is 5.22. The molecule has 2 rings (SSSR count). The van der Waals surface area contributed by atoms with Gasteiger partial charge in [-0.25, -0.2) is 0 Å². The number of benzene rings is 1. The Bertz CT molecular complexity index is 355. The van der Waals surface area contributed by atoms with Crippen LogP contribution < -0.4 is 5.32 Å². The third-order valence-corrected chi connectivity index (χ3v) is 3.87. The fourth-order valence-electron chi connectivity index (χ4n) is 2.65. The van der Waals surface area contributed by atoms with Gasteiger partial charge in [0.25, 0.3) is 0 Å². The maximum absolute atomic E-state index is 4.17. The average Bonchev–Trinajstić information content (AvgIpc) is 2.38. The van der Waals surface area contributed by atoms with Crippen LogP contribution in [0.1, 0.15) is 38.2 Å². The monoisotopic (exact) mass is 229 g/mol. The minimum Gasteiger partial charge on any atom is -0.310 e. The fraction of sp³-hybridized carbons (Fsp3) is 0.500. The second kappa shape index (κ2) is 6.02. The SMILES string of the molecule is C=C(CNC1CCCCC1C)c1ccccc1. The molecule has 1 fully saturated rings. The standard InChI is InChI=1S/C16H23N/c1-13-8-6-7-11-16(13)17-12-14(2)15-9-4-3-5-10-15/h3-5,9-10,13,16-17H,2,6-8,11-12H2,1H3. The van der Waals surface area contributed by atoms with Crippen molar-refractivity contribution in [1.82, 2.24) is 5.32 Å². The van der Waals surface area contributed by atoms with Gasteiger partial charge < -0.3 is 5.32 Å². The van der Waals surface area contributed by atoms with Gasteiger partial charge in [-0.2, -0.15) is 0 Å². The van der Waals surface area contributed by atoms with Crippen LogP contribution in [-0.4, -0.2) is 12.6 Å². The van der Waals surface area contributed by atoms with Crippen LogP contribution in [0.15, 0.2) is 36.9 Å². The number of nitrogens with one attached hydrogen (secondary N) is 1. The Morgan fingerprint density at radius 3 is 2.65 bits per heavy atom. The summed E-state index contributed by atoms with van der Waals surface area (Å²) >= 11 is 0. The molecule has 0 radical (unpaired) electrons. The Hall–Kier alpha value is -1.08. The summed E-state index contributed by atoms with van der Waals surface area (Å²) in [6.07, 6.45) is 5.47. The van der Waals surface area contributed by atoms with E-state index >= 15 is 0 Å². The summed E-state index contributed by atoms with van der Waals surface area (Å²) in [6.45, 7) is 7.45. The van der Waals surface area contributed by atoms with Gasteiger partial charge in [0.2, 0.25) is 0 Å². The molecule has 0 amide bonds. The van der Waals surface area contributed by atoms with Crippen LogP contribution in [0.4, 0.5) is 0 Å². The van der Waals surface area contributed by atoms with Crippen LogP contribution >= 0.6 is 0 Å². The molecule has 2 atom stereocenters. The lowest BCUT2D eigenvalue weighted by atomic mass is 9.86. The molecule has 1 aliphatic rings. The third kappa shape index (κ3) is 3.44. The molecular formula is C16H23N. The van der Waals surface area contributed by atoms with Crippen LogP contribution in [0.5, 0.6) is 0 Å². The van der Waals surface area contributed by atoms with E-state index in [9.17, 15) is 0 Å². The summed E-state index contributed by atoms with van der Waals surface area (Å²) in [4.78, 5) is 0. The van der Waals surface area contributed by atoms with Crippen molar-refractivity contribution in [3.05, 3.63) is 42.5 Å². The lowest BCUT2D eigenvalue weighted by Gasteiger charge is -2.30. The number of rotatable bonds is 4. The first-order valence-electron chi connectivity index (χ1n) is 6.74. The zero-order chi connectivity index (χ0) is 12.1.